The maximum Gasteiger partial charge on any atom is 0.268 e. The number of phenols is 1. The van der Waals surface area contributed by atoms with E-state index in [2.05, 4.69) is 15.9 Å². The van der Waals surface area contributed by atoms with Crippen LogP contribution in [0.4, 0.5) is 5.69 Å². The molecule has 0 saturated heterocycles. The summed E-state index contributed by atoms with van der Waals surface area (Å²) in [6.45, 7) is 0. The Hall–Kier alpha value is -1.33. The lowest BCUT2D eigenvalue weighted by Crippen LogP contribution is -2.25. The molecule has 1 aromatic heterocycles. The number of aromatic hydroxyl groups is 1. The van der Waals surface area contributed by atoms with E-state index in [1.807, 2.05) is 6.07 Å². The molecule has 2 aromatic rings. The van der Waals surface area contributed by atoms with Crippen LogP contribution < -0.4 is 4.90 Å². The zero-order valence-corrected chi connectivity index (χ0v) is 11.5. The first-order valence-electron chi connectivity index (χ1n) is 4.90. The molecule has 17 heavy (non-hydrogen) atoms. The average molecular weight is 312 g/mol. The van der Waals surface area contributed by atoms with Crippen molar-refractivity contribution in [3.8, 4) is 5.75 Å². The summed E-state index contributed by atoms with van der Waals surface area (Å²) < 4.78 is 0.921. The highest BCUT2D eigenvalue weighted by Gasteiger charge is 2.15. The van der Waals surface area contributed by atoms with Crippen molar-refractivity contribution in [1.29, 1.82) is 0 Å². The zero-order valence-electron chi connectivity index (χ0n) is 9.05. The Morgan fingerprint density at radius 3 is 2.71 bits per heavy atom. The van der Waals surface area contributed by atoms with Crippen LogP contribution in [0.1, 0.15) is 9.67 Å². The third kappa shape index (κ3) is 2.68. The Labute approximate surface area is 111 Å². The fraction of sp³-hybridized carbons (Fsp3) is 0.0833. The molecule has 5 heteroatoms. The van der Waals surface area contributed by atoms with Crippen molar-refractivity contribution in [1.82, 2.24) is 0 Å². The van der Waals surface area contributed by atoms with E-state index in [0.717, 1.165) is 3.79 Å². The van der Waals surface area contributed by atoms with Gasteiger partial charge >= 0.3 is 0 Å². The van der Waals surface area contributed by atoms with Gasteiger partial charge in [0.25, 0.3) is 5.91 Å². The first kappa shape index (κ1) is 12.1. The summed E-state index contributed by atoms with van der Waals surface area (Å²) in [6, 6.07) is 10.2. The van der Waals surface area contributed by atoms with Gasteiger partial charge in [-0.25, -0.2) is 0 Å². The monoisotopic (exact) mass is 311 g/mol. The van der Waals surface area contributed by atoms with E-state index in [9.17, 15) is 9.90 Å². The van der Waals surface area contributed by atoms with Gasteiger partial charge in [-0.1, -0.05) is 6.07 Å². The molecule has 0 radical (unpaired) electrons. The number of hydrogen-bond acceptors (Lipinski definition) is 3. The number of benzene rings is 1. The highest BCUT2D eigenvalue weighted by atomic mass is 79.9. The van der Waals surface area contributed by atoms with Crippen LogP contribution in [-0.2, 0) is 0 Å². The molecule has 3 nitrogen and oxygen atoms in total. The number of hydrogen-bond donors (Lipinski definition) is 1. The molecule has 2 rings (SSSR count). The van der Waals surface area contributed by atoms with Crippen LogP contribution in [0.25, 0.3) is 0 Å². The van der Waals surface area contributed by atoms with Gasteiger partial charge in [0.05, 0.1) is 8.66 Å². The summed E-state index contributed by atoms with van der Waals surface area (Å²) in [4.78, 5) is 14.3. The lowest BCUT2D eigenvalue weighted by atomic mass is 10.2. The quantitative estimate of drug-likeness (QED) is 0.922. The fourth-order valence-corrected chi connectivity index (χ4v) is 2.78. The lowest BCUT2D eigenvalue weighted by Gasteiger charge is -2.16. The molecule has 0 atom stereocenters. The minimum absolute atomic E-state index is 0.0914. The number of anilines is 1. The van der Waals surface area contributed by atoms with Crippen LogP contribution >= 0.6 is 27.3 Å². The molecule has 0 aliphatic carbocycles. The van der Waals surface area contributed by atoms with Gasteiger partial charge in [-0.15, -0.1) is 11.3 Å². The lowest BCUT2D eigenvalue weighted by molar-refractivity contribution is 0.0997. The van der Waals surface area contributed by atoms with Gasteiger partial charge in [0.2, 0.25) is 0 Å². The molecule has 1 aromatic carbocycles. The third-order valence-electron chi connectivity index (χ3n) is 2.31. The van der Waals surface area contributed by atoms with Gasteiger partial charge in [0.1, 0.15) is 5.75 Å². The van der Waals surface area contributed by atoms with E-state index >= 15 is 0 Å². The van der Waals surface area contributed by atoms with Crippen LogP contribution in [0, 0.1) is 0 Å². The number of nitrogens with zero attached hydrogens (tertiary/aromatic N) is 1. The molecule has 88 valence electrons. The number of amides is 1. The molecule has 1 heterocycles. The first-order valence-corrected chi connectivity index (χ1v) is 6.51. The minimum atomic E-state index is -0.0914. The van der Waals surface area contributed by atoms with Gasteiger partial charge in [-0.2, -0.15) is 0 Å². The maximum atomic E-state index is 12.1. The predicted octanol–water partition coefficient (Wildman–Crippen LogP) is 3.49. The summed E-state index contributed by atoms with van der Waals surface area (Å²) in [7, 11) is 1.69. The van der Waals surface area contributed by atoms with Crippen LogP contribution in [-0.4, -0.2) is 18.1 Å². The number of carbonyl (C=O) groups excluding carboxylic acids is 1. The standard InChI is InChI=1S/C12H10BrNO2S/c1-14(8-3-2-4-9(15)7-8)12(16)10-5-6-11(13)17-10/h2-7,15H,1H3. The largest absolute Gasteiger partial charge is 0.508 e. The van der Waals surface area contributed by atoms with E-state index in [-0.39, 0.29) is 11.7 Å². The normalized spacial score (nSPS) is 10.2. The summed E-state index contributed by atoms with van der Waals surface area (Å²) >= 11 is 4.71. The molecule has 0 unspecified atom stereocenters. The maximum absolute atomic E-state index is 12.1. The topological polar surface area (TPSA) is 40.5 Å². The fourth-order valence-electron chi connectivity index (χ4n) is 1.41. The van der Waals surface area contributed by atoms with Crippen LogP contribution in [0.15, 0.2) is 40.2 Å². The second kappa shape index (κ2) is 4.89. The van der Waals surface area contributed by atoms with Gasteiger partial charge in [0, 0.05) is 18.8 Å². The first-order chi connectivity index (χ1) is 8.08. The second-order valence-corrected chi connectivity index (χ2v) is 5.95. The second-order valence-electron chi connectivity index (χ2n) is 3.49. The van der Waals surface area contributed by atoms with Gasteiger partial charge in [-0.3, -0.25) is 4.79 Å². The van der Waals surface area contributed by atoms with Crippen LogP contribution in [0.2, 0.25) is 0 Å². The molecule has 0 aliphatic rings. The Morgan fingerprint density at radius 1 is 1.35 bits per heavy atom. The highest BCUT2D eigenvalue weighted by molar-refractivity contribution is 9.11. The SMILES string of the molecule is CN(C(=O)c1ccc(Br)s1)c1cccc(O)c1. The van der Waals surface area contributed by atoms with Crippen LogP contribution in [0.5, 0.6) is 5.75 Å². The smallest absolute Gasteiger partial charge is 0.268 e. The Morgan fingerprint density at radius 2 is 2.12 bits per heavy atom. The molecule has 1 N–H and O–H groups in total. The van der Waals surface area contributed by atoms with E-state index in [1.54, 1.807) is 37.4 Å². The van der Waals surface area contributed by atoms with Crippen molar-refractivity contribution < 1.29 is 9.90 Å². The molecule has 0 spiro atoms. The Kier molecular flexibility index (Phi) is 3.49. The van der Waals surface area contributed by atoms with Gasteiger partial charge < -0.3 is 10.0 Å². The predicted molar refractivity (Wildman–Crippen MR) is 72.9 cm³/mol. The number of carbonyl (C=O) groups is 1. The molecule has 0 saturated carbocycles. The van der Waals surface area contributed by atoms with Gasteiger partial charge in [0.15, 0.2) is 0 Å². The van der Waals surface area contributed by atoms with Crippen molar-refractivity contribution in [2.24, 2.45) is 0 Å². The van der Waals surface area contributed by atoms with E-state index < -0.39 is 0 Å². The number of halogens is 1. The van der Waals surface area contributed by atoms with Gasteiger partial charge in [-0.05, 0) is 40.2 Å². The van der Waals surface area contributed by atoms with Crippen molar-refractivity contribution in [2.45, 2.75) is 0 Å². The Balaban J connectivity index is 2.26. The van der Waals surface area contributed by atoms with Crippen molar-refractivity contribution >= 4 is 38.9 Å². The van der Waals surface area contributed by atoms with Crippen molar-refractivity contribution in [3.63, 3.8) is 0 Å². The number of rotatable bonds is 2. The molecule has 0 fully saturated rings. The van der Waals surface area contributed by atoms with E-state index in [0.29, 0.717) is 10.6 Å². The molecule has 0 aliphatic heterocycles. The van der Waals surface area contributed by atoms with Crippen LogP contribution in [0.3, 0.4) is 0 Å². The third-order valence-corrected chi connectivity index (χ3v) is 3.92. The summed E-state index contributed by atoms with van der Waals surface area (Å²) in [6.07, 6.45) is 0. The summed E-state index contributed by atoms with van der Waals surface area (Å²) in [5.41, 5.74) is 0.666. The van der Waals surface area contributed by atoms with E-state index in [4.69, 9.17) is 0 Å². The molecule has 0 bridgehead atoms. The zero-order chi connectivity index (χ0) is 12.4. The molecule has 1 amide bonds. The van der Waals surface area contributed by atoms with Crippen molar-refractivity contribution in [3.05, 3.63) is 45.1 Å². The highest BCUT2D eigenvalue weighted by Crippen LogP contribution is 2.26. The number of thiophene rings is 1. The molecular formula is C12H10BrNO2S. The minimum Gasteiger partial charge on any atom is -0.508 e. The average Bonchev–Trinajstić information content (AvgIpc) is 2.74. The summed E-state index contributed by atoms with van der Waals surface area (Å²) in [5, 5.41) is 9.38. The molecular weight excluding hydrogens is 302 g/mol. The Bertz CT molecular complexity index is 553. The number of phenolic OH excluding ortho intramolecular Hbond substituents is 1. The summed E-state index contributed by atoms with van der Waals surface area (Å²) in [5.74, 6) is 0.0563. The van der Waals surface area contributed by atoms with Crippen molar-refractivity contribution in [2.75, 3.05) is 11.9 Å². The van der Waals surface area contributed by atoms with E-state index in [1.165, 1.54) is 16.2 Å².